The van der Waals surface area contributed by atoms with E-state index in [2.05, 4.69) is 10.2 Å². The van der Waals surface area contributed by atoms with E-state index in [1.54, 1.807) is 31.9 Å². The molecular formula is C24H43N3O4. The Morgan fingerprint density at radius 1 is 1.23 bits per heavy atom. The van der Waals surface area contributed by atoms with Crippen molar-refractivity contribution in [2.75, 3.05) is 27.2 Å². The lowest BCUT2D eigenvalue weighted by Crippen LogP contribution is -2.59. The molecule has 1 aliphatic rings. The Morgan fingerprint density at radius 2 is 1.84 bits per heavy atom. The Kier molecular flexibility index (Phi) is 10.2. The van der Waals surface area contributed by atoms with Gasteiger partial charge in [0.1, 0.15) is 6.04 Å². The van der Waals surface area contributed by atoms with Crippen molar-refractivity contribution in [1.29, 1.82) is 0 Å². The van der Waals surface area contributed by atoms with Gasteiger partial charge in [-0.05, 0) is 51.6 Å². The minimum Gasteiger partial charge on any atom is -0.463 e. The number of carbonyl (C=O) groups excluding carboxylic acids is 3. The summed E-state index contributed by atoms with van der Waals surface area (Å²) in [6, 6.07) is -1.17. The maximum atomic E-state index is 13.6. The number of rotatable bonds is 8. The lowest BCUT2D eigenvalue weighted by atomic mass is 9.84. The molecule has 0 bridgehead atoms. The summed E-state index contributed by atoms with van der Waals surface area (Å²) in [6.45, 7) is 14.5. The number of nitrogens with zero attached hydrogens (tertiary/aromatic N) is 2. The van der Waals surface area contributed by atoms with Crippen LogP contribution in [0.25, 0.3) is 0 Å². The molecular weight excluding hydrogens is 394 g/mol. The van der Waals surface area contributed by atoms with Gasteiger partial charge in [-0.2, -0.15) is 0 Å². The van der Waals surface area contributed by atoms with Gasteiger partial charge in [0.05, 0.1) is 18.7 Å². The number of esters is 1. The number of likely N-dealkylation sites (tertiary alicyclic amines) is 1. The summed E-state index contributed by atoms with van der Waals surface area (Å²) in [5.41, 5.74) is 0.00994. The van der Waals surface area contributed by atoms with E-state index < -0.39 is 11.5 Å². The second-order valence-electron chi connectivity index (χ2n) is 10.1. The predicted molar refractivity (Wildman–Crippen MR) is 123 cm³/mol. The van der Waals surface area contributed by atoms with Crippen LogP contribution in [0, 0.1) is 11.3 Å². The van der Waals surface area contributed by atoms with E-state index >= 15 is 0 Å². The first-order valence-corrected chi connectivity index (χ1v) is 11.4. The highest BCUT2D eigenvalue weighted by Gasteiger charge is 2.39. The van der Waals surface area contributed by atoms with Crippen LogP contribution < -0.4 is 5.32 Å². The van der Waals surface area contributed by atoms with E-state index in [4.69, 9.17) is 4.74 Å². The summed E-state index contributed by atoms with van der Waals surface area (Å²) in [7, 11) is 3.70. The molecule has 1 saturated heterocycles. The Morgan fingerprint density at radius 3 is 2.32 bits per heavy atom. The summed E-state index contributed by atoms with van der Waals surface area (Å²) in [5, 5.41) is 3.04. The zero-order valence-electron chi connectivity index (χ0n) is 20.9. The number of piperidine rings is 1. The van der Waals surface area contributed by atoms with Crippen LogP contribution in [0.3, 0.4) is 0 Å². The zero-order chi connectivity index (χ0) is 23.9. The van der Waals surface area contributed by atoms with Crippen LogP contribution >= 0.6 is 0 Å². The number of likely N-dealkylation sites (N-methyl/N-ethyl adjacent to an activating group) is 2. The van der Waals surface area contributed by atoms with Gasteiger partial charge in [0, 0.05) is 12.6 Å². The van der Waals surface area contributed by atoms with Gasteiger partial charge in [-0.3, -0.25) is 14.5 Å². The molecule has 1 N–H and O–H groups in total. The van der Waals surface area contributed by atoms with Crippen molar-refractivity contribution >= 4 is 17.8 Å². The number of ether oxygens (including phenoxy) is 1. The van der Waals surface area contributed by atoms with Crippen LogP contribution in [0.4, 0.5) is 0 Å². The van der Waals surface area contributed by atoms with Crippen LogP contribution in [0.5, 0.6) is 0 Å². The topological polar surface area (TPSA) is 79.0 Å². The standard InChI is InChI=1S/C24H43N3O4/c1-10-31-23(30)17(4)15-19(16(2)3)27(9)22(29)20(24(5,6)7)25-21(28)18-13-11-12-14-26(18)8/h15-16,18-20H,10-14H2,1-9H3,(H,25,28)/t18?,19-,20+/m1/s1. The first-order chi connectivity index (χ1) is 14.3. The lowest BCUT2D eigenvalue weighted by molar-refractivity contribution is -0.141. The molecule has 1 heterocycles. The van der Waals surface area contributed by atoms with Crippen LogP contribution in [0.15, 0.2) is 11.6 Å². The molecule has 1 unspecified atom stereocenters. The first-order valence-electron chi connectivity index (χ1n) is 11.4. The molecule has 2 amide bonds. The van der Waals surface area contributed by atoms with Crippen molar-refractivity contribution in [3.63, 3.8) is 0 Å². The van der Waals surface area contributed by atoms with E-state index in [0.717, 1.165) is 25.8 Å². The van der Waals surface area contributed by atoms with Crippen molar-refractivity contribution in [2.24, 2.45) is 11.3 Å². The quantitative estimate of drug-likeness (QED) is 0.466. The summed E-state index contributed by atoms with van der Waals surface area (Å²) < 4.78 is 5.08. The third-order valence-corrected chi connectivity index (χ3v) is 5.97. The van der Waals surface area contributed by atoms with Gasteiger partial charge in [-0.15, -0.1) is 0 Å². The fraction of sp³-hybridized carbons (Fsp3) is 0.792. The summed E-state index contributed by atoms with van der Waals surface area (Å²) in [4.78, 5) is 42.4. The van der Waals surface area contributed by atoms with E-state index in [1.165, 1.54) is 0 Å². The van der Waals surface area contributed by atoms with E-state index in [-0.39, 0.29) is 35.8 Å². The molecule has 1 fully saturated rings. The molecule has 0 aliphatic carbocycles. The molecule has 0 spiro atoms. The molecule has 1 rings (SSSR count). The molecule has 0 aromatic carbocycles. The van der Waals surface area contributed by atoms with Crippen molar-refractivity contribution in [2.45, 2.75) is 85.9 Å². The largest absolute Gasteiger partial charge is 0.463 e. The Hall–Kier alpha value is -1.89. The van der Waals surface area contributed by atoms with Gasteiger partial charge >= 0.3 is 5.97 Å². The van der Waals surface area contributed by atoms with Gasteiger partial charge in [0.15, 0.2) is 0 Å². The van der Waals surface area contributed by atoms with Gasteiger partial charge in [0.25, 0.3) is 0 Å². The van der Waals surface area contributed by atoms with Crippen LogP contribution in [0.1, 0.15) is 67.7 Å². The SMILES string of the molecule is CCOC(=O)C(C)=C[C@H](C(C)C)N(C)C(=O)[C@H](NC(=O)C1CCCCN1C)C(C)(C)C. The van der Waals surface area contributed by atoms with Crippen molar-refractivity contribution < 1.29 is 19.1 Å². The fourth-order valence-corrected chi connectivity index (χ4v) is 3.96. The zero-order valence-corrected chi connectivity index (χ0v) is 20.9. The average Bonchev–Trinajstić information content (AvgIpc) is 2.68. The monoisotopic (exact) mass is 437 g/mol. The number of nitrogens with one attached hydrogen (secondary N) is 1. The third-order valence-electron chi connectivity index (χ3n) is 5.97. The van der Waals surface area contributed by atoms with Crippen molar-refractivity contribution in [1.82, 2.24) is 15.1 Å². The highest BCUT2D eigenvalue weighted by Crippen LogP contribution is 2.25. The van der Waals surface area contributed by atoms with Crippen LogP contribution in [0.2, 0.25) is 0 Å². The Balaban J connectivity index is 3.10. The van der Waals surface area contributed by atoms with Gasteiger partial charge in [-0.25, -0.2) is 4.79 Å². The van der Waals surface area contributed by atoms with E-state index in [0.29, 0.717) is 12.2 Å². The highest BCUT2D eigenvalue weighted by atomic mass is 16.5. The Bertz CT molecular complexity index is 666. The summed E-state index contributed by atoms with van der Waals surface area (Å²) >= 11 is 0. The Labute approximate surface area is 188 Å². The molecule has 0 aromatic heterocycles. The van der Waals surface area contributed by atoms with Crippen molar-refractivity contribution in [3.8, 4) is 0 Å². The summed E-state index contributed by atoms with van der Waals surface area (Å²) in [5.74, 6) is -0.553. The fourth-order valence-electron chi connectivity index (χ4n) is 3.96. The molecule has 178 valence electrons. The van der Waals surface area contributed by atoms with E-state index in [9.17, 15) is 14.4 Å². The van der Waals surface area contributed by atoms with Gasteiger partial charge < -0.3 is 15.0 Å². The molecule has 0 saturated carbocycles. The number of hydrogen-bond donors (Lipinski definition) is 1. The number of carbonyl (C=O) groups is 3. The average molecular weight is 438 g/mol. The lowest BCUT2D eigenvalue weighted by Gasteiger charge is -2.39. The van der Waals surface area contributed by atoms with Gasteiger partial charge in [-0.1, -0.05) is 47.1 Å². The first kappa shape index (κ1) is 27.1. The maximum Gasteiger partial charge on any atom is 0.333 e. The van der Waals surface area contributed by atoms with Crippen LogP contribution in [-0.4, -0.2) is 73.0 Å². The third kappa shape index (κ3) is 7.63. The maximum absolute atomic E-state index is 13.6. The van der Waals surface area contributed by atoms with Gasteiger partial charge in [0.2, 0.25) is 11.8 Å². The molecule has 7 heteroatoms. The number of amides is 2. The second kappa shape index (κ2) is 11.7. The molecule has 0 aromatic rings. The normalized spacial score (nSPS) is 20.2. The van der Waals surface area contributed by atoms with Crippen LogP contribution in [-0.2, 0) is 19.1 Å². The molecule has 7 nitrogen and oxygen atoms in total. The molecule has 0 radical (unpaired) electrons. The minimum atomic E-state index is -0.669. The minimum absolute atomic E-state index is 0.0825. The highest BCUT2D eigenvalue weighted by molar-refractivity contribution is 5.91. The molecule has 3 atom stereocenters. The molecule has 31 heavy (non-hydrogen) atoms. The molecule has 1 aliphatic heterocycles. The van der Waals surface area contributed by atoms with Crippen molar-refractivity contribution in [3.05, 3.63) is 11.6 Å². The smallest absolute Gasteiger partial charge is 0.333 e. The number of hydrogen-bond acceptors (Lipinski definition) is 5. The second-order valence-corrected chi connectivity index (χ2v) is 10.1. The van der Waals surface area contributed by atoms with E-state index in [1.807, 2.05) is 41.7 Å². The predicted octanol–water partition coefficient (Wildman–Crippen LogP) is 2.99. The summed E-state index contributed by atoms with van der Waals surface area (Å²) in [6.07, 6.45) is 4.70.